The predicted octanol–water partition coefficient (Wildman–Crippen LogP) is 3.37. The van der Waals surface area contributed by atoms with Gasteiger partial charge in [0.25, 0.3) is 11.8 Å². The summed E-state index contributed by atoms with van der Waals surface area (Å²) in [7, 11) is 0. The van der Waals surface area contributed by atoms with Gasteiger partial charge in [-0.05, 0) is 80.8 Å². The molecule has 2 atom stereocenters. The van der Waals surface area contributed by atoms with E-state index in [2.05, 4.69) is 38.5 Å². The fourth-order valence-corrected chi connectivity index (χ4v) is 7.72. The Morgan fingerprint density at radius 3 is 2.53 bits per heavy atom. The molecule has 2 aliphatic carbocycles. The van der Waals surface area contributed by atoms with Crippen molar-refractivity contribution >= 4 is 46.0 Å². The van der Waals surface area contributed by atoms with Crippen LogP contribution in [0.2, 0.25) is 0 Å². The first-order valence-corrected chi connectivity index (χ1v) is 17.3. The molecule has 2 saturated carbocycles. The second kappa shape index (κ2) is 11.5. The number of aromatic nitrogens is 4. The summed E-state index contributed by atoms with van der Waals surface area (Å²) in [5.41, 5.74) is 13.4. The Bertz CT molecular complexity index is 2050. The fraction of sp³-hybridized carbons (Fsp3) is 0.417. The molecule has 9 rings (SSSR count). The molecule has 2 aromatic carbocycles. The number of nitrogens with two attached hydrogens (primary N) is 1. The predicted molar refractivity (Wildman–Crippen MR) is 181 cm³/mol. The lowest BCUT2D eigenvalue weighted by Gasteiger charge is -2.35. The third kappa shape index (κ3) is 5.32. The van der Waals surface area contributed by atoms with Crippen molar-refractivity contribution in [1.29, 1.82) is 0 Å². The van der Waals surface area contributed by atoms with Crippen molar-refractivity contribution in [2.24, 2.45) is 11.7 Å². The number of carbonyl (C=O) groups excluding carboxylic acids is 4. The van der Waals surface area contributed by atoms with E-state index in [4.69, 9.17) is 20.8 Å². The maximum Gasteiger partial charge on any atom is 0.262 e. The van der Waals surface area contributed by atoms with Gasteiger partial charge in [0.05, 0.1) is 45.8 Å². The number of hydrogen-bond donors (Lipinski definition) is 3. The molecule has 250 valence electrons. The Kier molecular flexibility index (Phi) is 7.01. The molecule has 2 aromatic heterocycles. The first-order valence-electron chi connectivity index (χ1n) is 17.3. The van der Waals surface area contributed by atoms with E-state index < -0.39 is 29.7 Å². The molecule has 4 fully saturated rings. The number of nitrogens with one attached hydrogen (secondary N) is 2. The van der Waals surface area contributed by atoms with Crippen molar-refractivity contribution in [2.45, 2.75) is 69.0 Å². The minimum Gasteiger partial charge on any atom is -0.385 e. The van der Waals surface area contributed by atoms with E-state index in [1.165, 1.54) is 0 Å². The van der Waals surface area contributed by atoms with E-state index in [-0.39, 0.29) is 30.0 Å². The number of piperidine rings is 1. The summed E-state index contributed by atoms with van der Waals surface area (Å²) < 4.78 is 2.12. The van der Waals surface area contributed by atoms with Crippen LogP contribution in [0.5, 0.6) is 0 Å². The Morgan fingerprint density at radius 2 is 1.76 bits per heavy atom. The van der Waals surface area contributed by atoms with Crippen LogP contribution in [0.4, 0.5) is 11.4 Å². The molecule has 0 spiro atoms. The minimum absolute atomic E-state index is 0.0915. The molecule has 0 bridgehead atoms. The SMILES string of the molecule is NC1CCN(c2ccc3ncc(-c4cn([C@H]5C[C@H](CNc6ccc7c(c6)C(=O)N(C6CCC(=O)NC6=O)C7=O)C5)nc4C4CC4)nc3c2)C1. The van der Waals surface area contributed by atoms with E-state index in [0.29, 0.717) is 17.9 Å². The average molecular weight is 660 g/mol. The van der Waals surface area contributed by atoms with Crippen molar-refractivity contribution < 1.29 is 19.2 Å². The largest absolute Gasteiger partial charge is 0.385 e. The quantitative estimate of drug-likeness (QED) is 0.239. The van der Waals surface area contributed by atoms with Crippen molar-refractivity contribution in [3.8, 4) is 11.3 Å². The monoisotopic (exact) mass is 659 g/mol. The fourth-order valence-electron chi connectivity index (χ4n) is 7.72. The van der Waals surface area contributed by atoms with E-state index in [9.17, 15) is 19.2 Å². The van der Waals surface area contributed by atoms with E-state index >= 15 is 0 Å². The zero-order valence-electron chi connectivity index (χ0n) is 27.0. The van der Waals surface area contributed by atoms with Crippen LogP contribution in [0.15, 0.2) is 48.8 Å². The second-order valence-electron chi connectivity index (χ2n) is 14.2. The van der Waals surface area contributed by atoms with Crippen LogP contribution < -0.4 is 21.3 Å². The van der Waals surface area contributed by atoms with Gasteiger partial charge in [-0.15, -0.1) is 0 Å². The van der Waals surface area contributed by atoms with Crippen molar-refractivity contribution in [1.82, 2.24) is 30.0 Å². The van der Waals surface area contributed by atoms with Crippen LogP contribution in [0.3, 0.4) is 0 Å². The molecule has 4 amide bonds. The summed E-state index contributed by atoms with van der Waals surface area (Å²) in [6, 6.07) is 10.9. The Labute approximate surface area is 282 Å². The van der Waals surface area contributed by atoms with Gasteiger partial charge in [0.2, 0.25) is 11.8 Å². The maximum atomic E-state index is 13.2. The molecule has 3 aliphatic heterocycles. The van der Waals surface area contributed by atoms with Crippen LogP contribution >= 0.6 is 0 Å². The van der Waals surface area contributed by atoms with Crippen LogP contribution in [-0.4, -0.2) is 80.0 Å². The van der Waals surface area contributed by atoms with Crippen LogP contribution in [0.25, 0.3) is 22.3 Å². The summed E-state index contributed by atoms with van der Waals surface area (Å²) in [6.07, 6.45) is 9.46. The lowest BCUT2D eigenvalue weighted by atomic mass is 9.80. The van der Waals surface area contributed by atoms with Crippen LogP contribution in [0.1, 0.15) is 83.3 Å². The Morgan fingerprint density at radius 1 is 0.918 bits per heavy atom. The molecular formula is C36H37N9O4. The smallest absolute Gasteiger partial charge is 0.262 e. The highest BCUT2D eigenvalue weighted by atomic mass is 16.2. The van der Waals surface area contributed by atoms with Crippen molar-refractivity contribution in [2.75, 3.05) is 29.9 Å². The first kappa shape index (κ1) is 29.9. The summed E-state index contributed by atoms with van der Waals surface area (Å²) in [6.45, 7) is 2.53. The number of anilines is 2. The lowest BCUT2D eigenvalue weighted by Crippen LogP contribution is -2.54. The molecule has 5 heterocycles. The highest BCUT2D eigenvalue weighted by Gasteiger charge is 2.45. The first-order chi connectivity index (χ1) is 23.8. The van der Waals surface area contributed by atoms with Gasteiger partial charge in [-0.3, -0.25) is 39.1 Å². The number of amides is 4. The number of benzene rings is 2. The number of nitrogens with zero attached hydrogens (tertiary/aromatic N) is 6. The third-order valence-electron chi connectivity index (χ3n) is 10.7. The molecule has 4 aromatic rings. The number of rotatable bonds is 8. The van der Waals surface area contributed by atoms with Gasteiger partial charge in [0.15, 0.2) is 0 Å². The summed E-state index contributed by atoms with van der Waals surface area (Å²) in [5, 5.41) is 10.8. The molecule has 49 heavy (non-hydrogen) atoms. The molecule has 13 nitrogen and oxygen atoms in total. The third-order valence-corrected chi connectivity index (χ3v) is 10.7. The number of fused-ring (bicyclic) bond motifs is 2. The molecule has 2 unspecified atom stereocenters. The number of imide groups is 2. The normalized spacial score (nSPS) is 25.2. The van der Waals surface area contributed by atoms with Gasteiger partial charge in [-0.2, -0.15) is 5.10 Å². The highest BCUT2D eigenvalue weighted by Crippen LogP contribution is 2.46. The van der Waals surface area contributed by atoms with Gasteiger partial charge < -0.3 is 16.0 Å². The highest BCUT2D eigenvalue weighted by molar-refractivity contribution is 6.23. The second-order valence-corrected chi connectivity index (χ2v) is 14.2. The van der Waals surface area contributed by atoms with Gasteiger partial charge >= 0.3 is 0 Å². The molecule has 5 aliphatic rings. The minimum atomic E-state index is -0.975. The Balaban J connectivity index is 0.862. The van der Waals surface area contributed by atoms with Gasteiger partial charge in [-0.1, -0.05) is 0 Å². The molecule has 0 radical (unpaired) electrons. The summed E-state index contributed by atoms with van der Waals surface area (Å²) in [4.78, 5) is 63.3. The lowest BCUT2D eigenvalue weighted by molar-refractivity contribution is -0.136. The van der Waals surface area contributed by atoms with Crippen LogP contribution in [-0.2, 0) is 9.59 Å². The van der Waals surface area contributed by atoms with Crippen molar-refractivity contribution in [3.63, 3.8) is 0 Å². The zero-order valence-corrected chi connectivity index (χ0v) is 27.0. The summed E-state index contributed by atoms with van der Waals surface area (Å²) >= 11 is 0. The number of carbonyl (C=O) groups is 4. The van der Waals surface area contributed by atoms with Crippen LogP contribution in [0, 0.1) is 5.92 Å². The van der Waals surface area contributed by atoms with E-state index in [1.807, 2.05) is 12.3 Å². The standard InChI is InChI=1S/C36H37N9O4/c37-21-9-10-43(17-21)23-4-6-28-29(14-23)40-30(16-39-28)27-18-44(42-33(27)20-1-2-20)24-11-19(12-24)15-38-22-3-5-25-26(13-22)36(49)45(35(25)48)31-7-8-32(46)41-34(31)47/h3-6,13-14,16,18-21,24,31,38H,1-2,7-12,15,17,37H2,(H,41,46,47)/t19-,21?,24-,31?. The van der Waals surface area contributed by atoms with Gasteiger partial charge in [0, 0.05) is 61.1 Å². The van der Waals surface area contributed by atoms with Gasteiger partial charge in [-0.25, -0.2) is 4.98 Å². The molecule has 4 N–H and O–H groups in total. The average Bonchev–Trinajstić information content (AvgIpc) is 3.60. The zero-order chi connectivity index (χ0) is 33.4. The van der Waals surface area contributed by atoms with Gasteiger partial charge in [0.1, 0.15) is 6.04 Å². The molecule has 13 heteroatoms. The van der Waals surface area contributed by atoms with E-state index in [1.54, 1.807) is 18.2 Å². The molecular weight excluding hydrogens is 622 g/mol. The number of hydrogen-bond acceptors (Lipinski definition) is 10. The Hall–Kier alpha value is -5.17. The maximum absolute atomic E-state index is 13.2. The van der Waals surface area contributed by atoms with Crippen molar-refractivity contribution in [3.05, 3.63) is 65.6 Å². The topological polar surface area (TPSA) is 168 Å². The van der Waals surface area contributed by atoms with E-state index in [0.717, 1.165) is 96.0 Å². The summed E-state index contributed by atoms with van der Waals surface area (Å²) in [5.74, 6) is -1.13. The molecule has 2 saturated heterocycles.